The second kappa shape index (κ2) is 9.18. The van der Waals surface area contributed by atoms with Crippen LogP contribution in [0.2, 0.25) is 0 Å². The Morgan fingerprint density at radius 3 is 2.38 bits per heavy atom. The summed E-state index contributed by atoms with van der Waals surface area (Å²) in [7, 11) is 0. The fraction of sp³-hybridized carbons (Fsp3) is 0.571. The van der Waals surface area contributed by atoms with Crippen LogP contribution in [-0.4, -0.2) is 60.0 Å². The Morgan fingerprint density at radius 2 is 1.88 bits per heavy atom. The van der Waals surface area contributed by atoms with E-state index < -0.39 is 5.54 Å². The number of aliphatic hydroxyl groups excluding tert-OH is 1. The van der Waals surface area contributed by atoms with Crippen LogP contribution in [0.25, 0.3) is 0 Å². The van der Waals surface area contributed by atoms with Gasteiger partial charge in [0.15, 0.2) is 5.78 Å². The maximum atomic E-state index is 13.8. The quantitative estimate of drug-likeness (QED) is 0.426. The van der Waals surface area contributed by atoms with Crippen molar-refractivity contribution < 1.29 is 14.6 Å². The average molecular weight is 378 g/mol. The molecule has 1 aliphatic heterocycles. The summed E-state index contributed by atoms with van der Waals surface area (Å²) in [5.74, 6) is 0.800. The molecule has 1 unspecified atom stereocenters. The van der Waals surface area contributed by atoms with Crippen molar-refractivity contribution in [2.24, 2.45) is 5.41 Å². The maximum absolute atomic E-state index is 13.8. The minimum Gasteiger partial charge on any atom is -0.396 e. The van der Waals surface area contributed by atoms with Crippen molar-refractivity contribution in [3.8, 4) is 0 Å². The molecular weight excluding hydrogens is 346 g/mol. The summed E-state index contributed by atoms with van der Waals surface area (Å²) in [6.45, 7) is 13.3. The Labute approximate surface area is 161 Å². The first kappa shape index (κ1) is 21.2. The third-order valence-corrected chi connectivity index (χ3v) is 6.08. The van der Waals surface area contributed by atoms with Crippen LogP contribution in [0.15, 0.2) is 41.8 Å². The molecule has 1 N–H and O–H groups in total. The van der Waals surface area contributed by atoms with E-state index in [0.29, 0.717) is 25.4 Å². The number of hydrogen-bond donors (Lipinski definition) is 1. The number of thioether (sulfide) groups is 1. The van der Waals surface area contributed by atoms with Gasteiger partial charge in [0.2, 0.25) is 0 Å². The van der Waals surface area contributed by atoms with Crippen LogP contribution in [0.3, 0.4) is 0 Å². The number of Topliss-reactive ketones (excluding diaryl/α,β-unsaturated/α-hetero) is 1. The molecule has 1 aliphatic rings. The van der Waals surface area contributed by atoms with Crippen molar-refractivity contribution in [2.45, 2.75) is 37.6 Å². The first-order valence-electron chi connectivity index (χ1n) is 9.19. The Kier molecular flexibility index (Phi) is 7.47. The molecule has 0 amide bonds. The number of carbonyl (C=O) groups is 1. The molecule has 4 nitrogen and oxygen atoms in total. The third kappa shape index (κ3) is 4.39. The molecule has 0 bridgehead atoms. The van der Waals surface area contributed by atoms with Gasteiger partial charge in [-0.05, 0) is 24.0 Å². The zero-order chi connectivity index (χ0) is 19.2. The van der Waals surface area contributed by atoms with E-state index in [2.05, 4.69) is 32.3 Å². The van der Waals surface area contributed by atoms with Gasteiger partial charge in [0, 0.05) is 29.3 Å². The van der Waals surface area contributed by atoms with Crippen molar-refractivity contribution in [3.05, 3.63) is 42.5 Å². The second-order valence-electron chi connectivity index (χ2n) is 7.63. The molecule has 0 aliphatic carbocycles. The first-order chi connectivity index (χ1) is 12.4. The number of aliphatic hydroxyl groups is 1. The van der Waals surface area contributed by atoms with E-state index in [4.69, 9.17) is 9.84 Å². The Hall–Kier alpha value is -1.14. The van der Waals surface area contributed by atoms with Crippen molar-refractivity contribution >= 4 is 17.5 Å². The molecule has 1 saturated heterocycles. The third-order valence-electron chi connectivity index (χ3n) is 5.08. The number of ether oxygens (including phenoxy) is 1. The average Bonchev–Trinajstić information content (AvgIpc) is 2.64. The van der Waals surface area contributed by atoms with E-state index in [9.17, 15) is 4.79 Å². The first-order valence-corrected chi connectivity index (χ1v) is 10.2. The fourth-order valence-corrected chi connectivity index (χ4v) is 4.40. The van der Waals surface area contributed by atoms with E-state index >= 15 is 0 Å². The molecule has 2 rings (SSSR count). The number of ketones is 1. The van der Waals surface area contributed by atoms with Crippen molar-refractivity contribution in [3.63, 3.8) is 0 Å². The lowest BCUT2D eigenvalue weighted by atomic mass is 9.66. The number of morpholine rings is 1. The summed E-state index contributed by atoms with van der Waals surface area (Å²) in [4.78, 5) is 17.1. The van der Waals surface area contributed by atoms with Crippen LogP contribution in [0.4, 0.5) is 0 Å². The molecular formula is C21H31NO3S. The number of hydrogen-bond acceptors (Lipinski definition) is 5. The highest BCUT2D eigenvalue weighted by atomic mass is 32.2. The monoisotopic (exact) mass is 377 g/mol. The van der Waals surface area contributed by atoms with Gasteiger partial charge in [0.25, 0.3) is 0 Å². The number of nitrogens with zero attached hydrogens (tertiary/aromatic N) is 1. The zero-order valence-corrected chi connectivity index (χ0v) is 17.0. The second-order valence-corrected chi connectivity index (χ2v) is 8.80. The molecule has 1 heterocycles. The van der Waals surface area contributed by atoms with Crippen LogP contribution < -0.4 is 0 Å². The van der Waals surface area contributed by atoms with Gasteiger partial charge in [-0.2, -0.15) is 0 Å². The lowest BCUT2D eigenvalue weighted by Gasteiger charge is -2.52. The summed E-state index contributed by atoms with van der Waals surface area (Å²) in [5, 5.41) is 8.97. The molecule has 0 aromatic heterocycles. The van der Waals surface area contributed by atoms with Crippen molar-refractivity contribution in [1.82, 2.24) is 4.90 Å². The van der Waals surface area contributed by atoms with Crippen LogP contribution in [0.5, 0.6) is 0 Å². The Morgan fingerprint density at radius 1 is 1.27 bits per heavy atom. The number of benzene rings is 1. The van der Waals surface area contributed by atoms with Gasteiger partial charge < -0.3 is 9.84 Å². The summed E-state index contributed by atoms with van der Waals surface area (Å²) in [6.07, 6.45) is 2.47. The summed E-state index contributed by atoms with van der Waals surface area (Å²) >= 11 is 1.59. The molecule has 5 heteroatoms. The predicted molar refractivity (Wildman–Crippen MR) is 108 cm³/mol. The topological polar surface area (TPSA) is 49.8 Å². The van der Waals surface area contributed by atoms with E-state index in [-0.39, 0.29) is 17.8 Å². The SMILES string of the molecule is C=CCC(C(=O)c1ccc(SCCO)cc1)(N1CCOCC1)C(C)(C)C. The van der Waals surface area contributed by atoms with Gasteiger partial charge in [-0.1, -0.05) is 39.0 Å². The van der Waals surface area contributed by atoms with E-state index in [1.165, 1.54) is 0 Å². The predicted octanol–water partition coefficient (Wildman–Crippen LogP) is 3.65. The van der Waals surface area contributed by atoms with E-state index in [1.54, 1.807) is 11.8 Å². The van der Waals surface area contributed by atoms with Crippen LogP contribution in [0, 0.1) is 5.41 Å². The molecule has 1 aromatic carbocycles. The Balaban J connectivity index is 2.40. The van der Waals surface area contributed by atoms with Gasteiger partial charge in [0.1, 0.15) is 0 Å². The van der Waals surface area contributed by atoms with Crippen molar-refractivity contribution in [1.29, 1.82) is 0 Å². The summed E-state index contributed by atoms with van der Waals surface area (Å²) < 4.78 is 5.52. The van der Waals surface area contributed by atoms with Crippen LogP contribution in [-0.2, 0) is 4.74 Å². The molecule has 144 valence electrons. The van der Waals surface area contributed by atoms with E-state index in [0.717, 1.165) is 23.5 Å². The molecule has 1 aromatic rings. The van der Waals surface area contributed by atoms with Crippen LogP contribution in [0.1, 0.15) is 37.6 Å². The summed E-state index contributed by atoms with van der Waals surface area (Å²) in [5.41, 5.74) is -0.167. The molecule has 0 spiro atoms. The standard InChI is InChI=1S/C21H31NO3S/c1-5-10-21(20(2,3)4,22-11-14-25-15-12-22)19(24)17-6-8-18(9-7-17)26-16-13-23/h5-9,23H,1,10-16H2,2-4H3. The molecule has 0 saturated carbocycles. The normalized spacial score (nSPS) is 18.3. The van der Waals surface area contributed by atoms with Crippen molar-refractivity contribution in [2.75, 3.05) is 38.7 Å². The van der Waals surface area contributed by atoms with Gasteiger partial charge in [-0.25, -0.2) is 0 Å². The van der Waals surface area contributed by atoms with Crippen LogP contribution >= 0.6 is 11.8 Å². The molecule has 1 fully saturated rings. The fourth-order valence-electron chi connectivity index (χ4n) is 3.75. The lowest BCUT2D eigenvalue weighted by Crippen LogP contribution is -2.64. The number of rotatable bonds is 8. The highest BCUT2D eigenvalue weighted by Crippen LogP contribution is 2.42. The van der Waals surface area contributed by atoms with Gasteiger partial charge in [0.05, 0.1) is 25.4 Å². The van der Waals surface area contributed by atoms with Gasteiger partial charge in [-0.3, -0.25) is 9.69 Å². The highest BCUT2D eigenvalue weighted by Gasteiger charge is 2.52. The minimum absolute atomic E-state index is 0.144. The lowest BCUT2D eigenvalue weighted by molar-refractivity contribution is -0.0508. The molecule has 0 radical (unpaired) electrons. The summed E-state index contributed by atoms with van der Waals surface area (Å²) in [6, 6.07) is 7.75. The largest absolute Gasteiger partial charge is 0.396 e. The number of carbonyl (C=O) groups excluding carboxylic acids is 1. The molecule has 1 atom stereocenters. The molecule has 26 heavy (non-hydrogen) atoms. The zero-order valence-electron chi connectivity index (χ0n) is 16.2. The maximum Gasteiger partial charge on any atom is 0.183 e. The van der Waals surface area contributed by atoms with Gasteiger partial charge >= 0.3 is 0 Å². The van der Waals surface area contributed by atoms with Gasteiger partial charge in [-0.15, -0.1) is 18.3 Å². The highest BCUT2D eigenvalue weighted by molar-refractivity contribution is 7.99. The Bertz CT molecular complexity index is 603. The van der Waals surface area contributed by atoms with E-state index in [1.807, 2.05) is 30.3 Å². The minimum atomic E-state index is -0.641. The smallest absolute Gasteiger partial charge is 0.183 e.